The normalized spacial score (nSPS) is 12.8. The van der Waals surface area contributed by atoms with Crippen LogP contribution in [-0.2, 0) is 6.54 Å². The molecule has 188 valence electrons. The zero-order valence-corrected chi connectivity index (χ0v) is 22.5. The summed E-state index contributed by atoms with van der Waals surface area (Å²) < 4.78 is 0. The second-order valence-corrected chi connectivity index (χ2v) is 10.3. The predicted molar refractivity (Wildman–Crippen MR) is 148 cm³/mol. The molecule has 3 aromatic rings. The van der Waals surface area contributed by atoms with Crippen LogP contribution in [0.1, 0.15) is 57.7 Å². The second-order valence-electron chi connectivity index (χ2n) is 9.24. The Morgan fingerprint density at radius 1 is 0.972 bits per heavy atom. The largest absolute Gasteiger partial charge is 0.352 e. The topological polar surface area (TPSA) is 52.7 Å². The molecule has 1 aliphatic rings. The molecule has 0 saturated carbocycles. The fourth-order valence-corrected chi connectivity index (χ4v) is 5.56. The molecule has 4 rings (SSSR count). The number of hydrogen-bond acceptors (Lipinski definition) is 4. The highest BCUT2D eigenvalue weighted by atomic mass is 32.2. The highest BCUT2D eigenvalue weighted by Crippen LogP contribution is 2.42. The minimum atomic E-state index is -0.108. The Kier molecular flexibility index (Phi) is 8.49. The summed E-state index contributed by atoms with van der Waals surface area (Å²) in [5.74, 6) is -0.155. The Labute approximate surface area is 218 Å². The second kappa shape index (κ2) is 11.8. The third-order valence-electron chi connectivity index (χ3n) is 6.76. The van der Waals surface area contributed by atoms with Gasteiger partial charge in [-0.05, 0) is 81.4 Å². The molecule has 0 aliphatic carbocycles. The number of carbonyl (C=O) groups is 2. The zero-order valence-electron chi connectivity index (χ0n) is 21.6. The van der Waals surface area contributed by atoms with Gasteiger partial charge in [-0.25, -0.2) is 0 Å². The van der Waals surface area contributed by atoms with Crippen molar-refractivity contribution in [3.8, 4) is 0 Å². The molecule has 0 bridgehead atoms. The number of amides is 2. The van der Waals surface area contributed by atoms with Crippen LogP contribution >= 0.6 is 11.8 Å². The van der Waals surface area contributed by atoms with E-state index in [2.05, 4.69) is 56.1 Å². The molecule has 2 amide bonds. The third-order valence-corrected chi connectivity index (χ3v) is 7.90. The van der Waals surface area contributed by atoms with E-state index in [4.69, 9.17) is 0 Å². The summed E-state index contributed by atoms with van der Waals surface area (Å²) in [6, 6.07) is 19.8. The van der Waals surface area contributed by atoms with Crippen LogP contribution in [0.25, 0.3) is 0 Å². The van der Waals surface area contributed by atoms with E-state index < -0.39 is 0 Å². The first-order valence-electron chi connectivity index (χ1n) is 12.7. The van der Waals surface area contributed by atoms with Gasteiger partial charge in [-0.1, -0.05) is 61.5 Å². The highest BCUT2D eigenvalue weighted by Gasteiger charge is 2.28. The number of aryl methyl sites for hydroxylation is 2. The maximum absolute atomic E-state index is 13.8. The van der Waals surface area contributed by atoms with Crippen molar-refractivity contribution in [3.05, 3.63) is 88.5 Å². The van der Waals surface area contributed by atoms with Crippen molar-refractivity contribution in [2.75, 3.05) is 31.1 Å². The quantitative estimate of drug-likeness (QED) is 0.361. The van der Waals surface area contributed by atoms with Gasteiger partial charge in [0.05, 0.1) is 17.8 Å². The van der Waals surface area contributed by atoms with E-state index >= 15 is 0 Å². The van der Waals surface area contributed by atoms with Gasteiger partial charge in [-0.15, -0.1) is 0 Å². The minimum Gasteiger partial charge on any atom is -0.352 e. The monoisotopic (exact) mass is 501 g/mol. The van der Waals surface area contributed by atoms with Crippen molar-refractivity contribution in [2.45, 2.75) is 50.5 Å². The van der Waals surface area contributed by atoms with Crippen molar-refractivity contribution in [1.29, 1.82) is 0 Å². The molecule has 0 aromatic heterocycles. The van der Waals surface area contributed by atoms with E-state index in [0.717, 1.165) is 58.2 Å². The van der Waals surface area contributed by atoms with Gasteiger partial charge in [0, 0.05) is 21.9 Å². The lowest BCUT2D eigenvalue weighted by Crippen LogP contribution is -2.32. The van der Waals surface area contributed by atoms with Crippen molar-refractivity contribution in [2.24, 2.45) is 0 Å². The molecular formula is C30H35N3O2S. The molecule has 6 heteroatoms. The number of hydrogen-bond donors (Lipinski definition) is 1. The van der Waals surface area contributed by atoms with Gasteiger partial charge in [0.1, 0.15) is 0 Å². The Morgan fingerprint density at radius 2 is 1.75 bits per heavy atom. The highest BCUT2D eigenvalue weighted by molar-refractivity contribution is 7.99. The third kappa shape index (κ3) is 5.82. The Balaban J connectivity index is 1.63. The number of benzene rings is 3. The number of rotatable bonds is 9. The number of nitrogens with one attached hydrogen (secondary N) is 1. The van der Waals surface area contributed by atoms with E-state index in [-0.39, 0.29) is 11.8 Å². The summed E-state index contributed by atoms with van der Waals surface area (Å²) in [7, 11) is 0. The average Bonchev–Trinajstić information content (AvgIpc) is 3.00. The number of carbonyl (C=O) groups excluding carboxylic acids is 2. The van der Waals surface area contributed by atoms with Crippen LogP contribution in [0.15, 0.2) is 70.5 Å². The van der Waals surface area contributed by atoms with Gasteiger partial charge in [0.2, 0.25) is 0 Å². The summed E-state index contributed by atoms with van der Waals surface area (Å²) in [4.78, 5) is 32.9. The molecule has 0 spiro atoms. The summed E-state index contributed by atoms with van der Waals surface area (Å²) in [6.07, 6.45) is 0.904. The van der Waals surface area contributed by atoms with E-state index in [1.807, 2.05) is 47.4 Å². The molecule has 0 unspecified atom stereocenters. The molecule has 0 atom stereocenters. The molecule has 0 fully saturated rings. The first-order chi connectivity index (χ1) is 17.4. The number of nitrogens with zero attached hydrogens (tertiary/aromatic N) is 2. The smallest absolute Gasteiger partial charge is 0.259 e. The molecule has 36 heavy (non-hydrogen) atoms. The summed E-state index contributed by atoms with van der Waals surface area (Å²) >= 11 is 1.58. The maximum atomic E-state index is 13.8. The zero-order chi connectivity index (χ0) is 25.7. The minimum absolute atomic E-state index is 0.0467. The standard InChI is InChI=1S/C30H35N3O2S/c1-5-32(6-2)17-9-16-31-29(34)23-14-15-28-26(19-23)33(20-24-18-21(3)12-13-22(24)4)30(35)25-10-7-8-11-27(25)36-28/h7-8,10-15,18-19H,5-6,9,16-17,20H2,1-4H3,(H,31,34). The van der Waals surface area contributed by atoms with Gasteiger partial charge < -0.3 is 15.1 Å². The molecule has 1 heterocycles. The number of fused-ring (bicyclic) bond motifs is 2. The Morgan fingerprint density at radius 3 is 2.53 bits per heavy atom. The van der Waals surface area contributed by atoms with Gasteiger partial charge in [-0.3, -0.25) is 9.59 Å². The van der Waals surface area contributed by atoms with E-state index in [0.29, 0.717) is 24.2 Å². The predicted octanol–water partition coefficient (Wildman–Crippen LogP) is 6.08. The van der Waals surface area contributed by atoms with Crippen molar-refractivity contribution < 1.29 is 9.59 Å². The van der Waals surface area contributed by atoms with Crippen LogP contribution in [0.2, 0.25) is 0 Å². The van der Waals surface area contributed by atoms with Gasteiger partial charge in [0.25, 0.3) is 11.8 Å². The lowest BCUT2D eigenvalue weighted by molar-refractivity contribution is 0.0948. The first kappa shape index (κ1) is 26.0. The fourth-order valence-electron chi connectivity index (χ4n) is 4.51. The average molecular weight is 502 g/mol. The van der Waals surface area contributed by atoms with Crippen LogP contribution in [0.3, 0.4) is 0 Å². The molecule has 0 radical (unpaired) electrons. The molecule has 1 aliphatic heterocycles. The van der Waals surface area contributed by atoms with Gasteiger partial charge in [0.15, 0.2) is 0 Å². The Hall–Kier alpha value is -3.09. The summed E-state index contributed by atoms with van der Waals surface area (Å²) in [6.45, 7) is 12.5. The van der Waals surface area contributed by atoms with Crippen molar-refractivity contribution in [1.82, 2.24) is 10.2 Å². The Bertz CT molecular complexity index is 1250. The maximum Gasteiger partial charge on any atom is 0.259 e. The summed E-state index contributed by atoms with van der Waals surface area (Å²) in [5, 5.41) is 3.06. The lowest BCUT2D eigenvalue weighted by Gasteiger charge is -2.25. The van der Waals surface area contributed by atoms with Gasteiger partial charge in [-0.2, -0.15) is 0 Å². The first-order valence-corrected chi connectivity index (χ1v) is 13.5. The van der Waals surface area contributed by atoms with E-state index in [9.17, 15) is 9.59 Å². The summed E-state index contributed by atoms with van der Waals surface area (Å²) in [5.41, 5.74) is 5.43. The molecule has 3 aromatic carbocycles. The van der Waals surface area contributed by atoms with Gasteiger partial charge >= 0.3 is 0 Å². The van der Waals surface area contributed by atoms with Crippen molar-refractivity contribution in [3.63, 3.8) is 0 Å². The molecular weight excluding hydrogens is 466 g/mol. The fraction of sp³-hybridized carbons (Fsp3) is 0.333. The number of anilines is 1. The SMILES string of the molecule is CCN(CC)CCCNC(=O)c1ccc2c(c1)N(Cc1cc(C)ccc1C)C(=O)c1ccccc1S2. The van der Waals surface area contributed by atoms with E-state index in [1.165, 1.54) is 0 Å². The van der Waals surface area contributed by atoms with Crippen LogP contribution < -0.4 is 10.2 Å². The van der Waals surface area contributed by atoms with Crippen molar-refractivity contribution >= 4 is 29.3 Å². The van der Waals surface area contributed by atoms with Crippen LogP contribution in [0.4, 0.5) is 5.69 Å². The lowest BCUT2D eigenvalue weighted by atomic mass is 10.0. The van der Waals surface area contributed by atoms with Crippen LogP contribution in [0.5, 0.6) is 0 Å². The van der Waals surface area contributed by atoms with Crippen LogP contribution in [-0.4, -0.2) is 42.9 Å². The molecule has 1 N–H and O–H groups in total. The van der Waals surface area contributed by atoms with Crippen LogP contribution in [0, 0.1) is 13.8 Å². The van der Waals surface area contributed by atoms with E-state index in [1.54, 1.807) is 11.8 Å². The molecule has 5 nitrogen and oxygen atoms in total. The molecule has 0 saturated heterocycles.